The lowest BCUT2D eigenvalue weighted by atomic mass is 9.93. The summed E-state index contributed by atoms with van der Waals surface area (Å²) in [6, 6.07) is -0.402. The molecule has 1 aliphatic rings. The van der Waals surface area contributed by atoms with Crippen LogP contribution in [0.15, 0.2) is 0 Å². The lowest BCUT2D eigenvalue weighted by Gasteiger charge is -2.40. The third-order valence-corrected chi connectivity index (χ3v) is 2.77. The van der Waals surface area contributed by atoms with Gasteiger partial charge in [-0.2, -0.15) is 0 Å². The third kappa shape index (κ3) is 3.09. The van der Waals surface area contributed by atoms with Crippen LogP contribution in [0.2, 0.25) is 0 Å². The van der Waals surface area contributed by atoms with Gasteiger partial charge < -0.3 is 15.6 Å². The molecule has 0 bridgehead atoms. The standard InChI is InChI=1S/C11H22N2O3/c1-7-5-6-13(9(14)8(7)12)10(15)16-11(2,3)4/h7-9,14H,5-6,12H2,1-4H3. The van der Waals surface area contributed by atoms with E-state index in [0.29, 0.717) is 6.54 Å². The minimum atomic E-state index is -0.946. The van der Waals surface area contributed by atoms with Crippen LogP contribution in [0.4, 0.5) is 4.79 Å². The lowest BCUT2D eigenvalue weighted by molar-refractivity contribution is -0.0652. The molecular weight excluding hydrogens is 208 g/mol. The summed E-state index contributed by atoms with van der Waals surface area (Å²) in [5.74, 6) is 0.216. The van der Waals surface area contributed by atoms with E-state index in [2.05, 4.69) is 0 Å². The third-order valence-electron chi connectivity index (χ3n) is 2.77. The largest absolute Gasteiger partial charge is 0.444 e. The lowest BCUT2D eigenvalue weighted by Crippen LogP contribution is -2.58. The molecule has 1 heterocycles. The van der Waals surface area contributed by atoms with Crippen LogP contribution in [0, 0.1) is 5.92 Å². The van der Waals surface area contributed by atoms with E-state index in [1.54, 1.807) is 20.8 Å². The maximum atomic E-state index is 11.8. The van der Waals surface area contributed by atoms with Gasteiger partial charge in [-0.05, 0) is 33.1 Å². The summed E-state index contributed by atoms with van der Waals surface area (Å²) in [6.07, 6.45) is -0.654. The molecule has 5 nitrogen and oxygen atoms in total. The number of amides is 1. The first kappa shape index (κ1) is 13.3. The number of carbonyl (C=O) groups excluding carboxylic acids is 1. The van der Waals surface area contributed by atoms with Crippen molar-refractivity contribution in [1.29, 1.82) is 0 Å². The highest BCUT2D eigenvalue weighted by atomic mass is 16.6. The van der Waals surface area contributed by atoms with Crippen molar-refractivity contribution in [1.82, 2.24) is 4.90 Å². The Hall–Kier alpha value is -0.810. The first-order chi connectivity index (χ1) is 7.22. The molecule has 5 heteroatoms. The molecule has 0 radical (unpaired) electrons. The van der Waals surface area contributed by atoms with Crippen LogP contribution in [-0.4, -0.2) is 40.5 Å². The molecular formula is C11H22N2O3. The number of ether oxygens (including phenoxy) is 1. The van der Waals surface area contributed by atoms with Gasteiger partial charge in [0, 0.05) is 6.54 Å². The van der Waals surface area contributed by atoms with Gasteiger partial charge in [0.15, 0.2) is 0 Å². The van der Waals surface area contributed by atoms with Crippen molar-refractivity contribution >= 4 is 6.09 Å². The quantitative estimate of drug-likeness (QED) is 0.648. The summed E-state index contributed by atoms with van der Waals surface area (Å²) in [5, 5.41) is 9.88. The molecule has 1 aliphatic heterocycles. The predicted molar refractivity (Wildman–Crippen MR) is 60.7 cm³/mol. The zero-order valence-electron chi connectivity index (χ0n) is 10.4. The number of aliphatic hydroxyl groups excluding tert-OH is 1. The number of nitrogens with two attached hydrogens (primary N) is 1. The molecule has 1 amide bonds. The molecule has 3 atom stereocenters. The Morgan fingerprint density at radius 1 is 1.50 bits per heavy atom. The molecule has 1 rings (SSSR count). The number of hydrogen-bond acceptors (Lipinski definition) is 4. The summed E-state index contributed by atoms with van der Waals surface area (Å²) in [7, 11) is 0. The van der Waals surface area contributed by atoms with E-state index in [1.807, 2.05) is 6.92 Å². The second-order valence-electron chi connectivity index (χ2n) is 5.43. The van der Waals surface area contributed by atoms with Gasteiger partial charge in [0.25, 0.3) is 0 Å². The average molecular weight is 230 g/mol. The molecule has 0 aromatic carbocycles. The molecule has 1 fully saturated rings. The molecule has 3 unspecified atom stereocenters. The van der Waals surface area contributed by atoms with Crippen LogP contribution in [0.25, 0.3) is 0 Å². The number of carbonyl (C=O) groups is 1. The molecule has 0 saturated carbocycles. The van der Waals surface area contributed by atoms with Crippen LogP contribution in [-0.2, 0) is 4.74 Å². The van der Waals surface area contributed by atoms with Gasteiger partial charge >= 0.3 is 6.09 Å². The molecule has 0 aromatic rings. The summed E-state index contributed by atoms with van der Waals surface area (Å²) in [5.41, 5.74) is 5.26. The Labute approximate surface area is 96.6 Å². The smallest absolute Gasteiger partial charge is 0.412 e. The van der Waals surface area contributed by atoms with E-state index >= 15 is 0 Å². The van der Waals surface area contributed by atoms with E-state index in [4.69, 9.17) is 10.5 Å². The van der Waals surface area contributed by atoms with Gasteiger partial charge in [0.05, 0.1) is 6.04 Å². The van der Waals surface area contributed by atoms with Crippen LogP contribution >= 0.6 is 0 Å². The second-order valence-corrected chi connectivity index (χ2v) is 5.43. The number of nitrogens with zero attached hydrogens (tertiary/aromatic N) is 1. The van der Waals surface area contributed by atoms with Crippen molar-refractivity contribution in [2.75, 3.05) is 6.54 Å². The van der Waals surface area contributed by atoms with Crippen molar-refractivity contribution in [3.05, 3.63) is 0 Å². The van der Waals surface area contributed by atoms with E-state index in [0.717, 1.165) is 6.42 Å². The van der Waals surface area contributed by atoms with Crippen molar-refractivity contribution in [2.24, 2.45) is 11.7 Å². The maximum Gasteiger partial charge on any atom is 0.412 e. The second kappa shape index (κ2) is 4.59. The fourth-order valence-corrected chi connectivity index (χ4v) is 1.69. The summed E-state index contributed by atoms with van der Waals surface area (Å²) >= 11 is 0. The Kier molecular flexibility index (Phi) is 3.80. The predicted octanol–water partition coefficient (Wildman–Crippen LogP) is 0.909. The minimum Gasteiger partial charge on any atom is -0.444 e. The van der Waals surface area contributed by atoms with Gasteiger partial charge in [-0.1, -0.05) is 6.92 Å². The van der Waals surface area contributed by atoms with E-state index in [9.17, 15) is 9.90 Å². The molecule has 16 heavy (non-hydrogen) atoms. The van der Waals surface area contributed by atoms with Crippen molar-refractivity contribution in [3.63, 3.8) is 0 Å². The highest BCUT2D eigenvalue weighted by Gasteiger charge is 2.36. The first-order valence-electron chi connectivity index (χ1n) is 5.65. The topological polar surface area (TPSA) is 75.8 Å². The number of aliphatic hydroxyl groups is 1. The van der Waals surface area contributed by atoms with Crippen LogP contribution in [0.3, 0.4) is 0 Å². The first-order valence-corrected chi connectivity index (χ1v) is 5.65. The van der Waals surface area contributed by atoms with E-state index in [-0.39, 0.29) is 5.92 Å². The fourth-order valence-electron chi connectivity index (χ4n) is 1.69. The van der Waals surface area contributed by atoms with Crippen molar-refractivity contribution in [3.8, 4) is 0 Å². The number of hydrogen-bond donors (Lipinski definition) is 2. The molecule has 94 valence electrons. The van der Waals surface area contributed by atoms with Gasteiger partial charge in [-0.15, -0.1) is 0 Å². The Balaban J connectivity index is 2.64. The molecule has 1 saturated heterocycles. The van der Waals surface area contributed by atoms with Crippen molar-refractivity contribution < 1.29 is 14.6 Å². The summed E-state index contributed by atoms with van der Waals surface area (Å²) < 4.78 is 5.20. The maximum absolute atomic E-state index is 11.8. The SMILES string of the molecule is CC1CCN(C(=O)OC(C)(C)C)C(O)C1N. The average Bonchev–Trinajstić information content (AvgIpc) is 2.11. The Morgan fingerprint density at radius 2 is 2.06 bits per heavy atom. The van der Waals surface area contributed by atoms with Crippen molar-refractivity contribution in [2.45, 2.75) is 52.0 Å². The highest BCUT2D eigenvalue weighted by Crippen LogP contribution is 2.22. The number of rotatable bonds is 0. The molecule has 0 aromatic heterocycles. The van der Waals surface area contributed by atoms with Gasteiger partial charge in [0.1, 0.15) is 11.8 Å². The molecule has 0 aliphatic carbocycles. The Bertz CT molecular complexity index is 262. The summed E-state index contributed by atoms with van der Waals surface area (Å²) in [6.45, 7) is 7.85. The van der Waals surface area contributed by atoms with Crippen LogP contribution < -0.4 is 5.73 Å². The number of likely N-dealkylation sites (tertiary alicyclic amines) is 1. The van der Waals surface area contributed by atoms with Gasteiger partial charge in [0.2, 0.25) is 0 Å². The highest BCUT2D eigenvalue weighted by molar-refractivity contribution is 5.68. The molecule has 0 spiro atoms. The summed E-state index contributed by atoms with van der Waals surface area (Å²) in [4.78, 5) is 13.1. The fraction of sp³-hybridized carbons (Fsp3) is 0.909. The Morgan fingerprint density at radius 3 is 2.56 bits per heavy atom. The van der Waals surface area contributed by atoms with E-state index < -0.39 is 24.0 Å². The van der Waals surface area contributed by atoms with Gasteiger partial charge in [-0.3, -0.25) is 4.90 Å². The van der Waals surface area contributed by atoms with Crippen LogP contribution in [0.1, 0.15) is 34.1 Å². The van der Waals surface area contributed by atoms with E-state index in [1.165, 1.54) is 4.90 Å². The molecule has 3 N–H and O–H groups in total. The zero-order valence-corrected chi connectivity index (χ0v) is 10.4. The monoisotopic (exact) mass is 230 g/mol. The number of piperidine rings is 1. The normalized spacial score (nSPS) is 31.4. The van der Waals surface area contributed by atoms with Gasteiger partial charge in [-0.25, -0.2) is 4.79 Å². The van der Waals surface area contributed by atoms with Crippen LogP contribution in [0.5, 0.6) is 0 Å². The minimum absolute atomic E-state index is 0.216. The zero-order chi connectivity index (χ0) is 12.5.